The third-order valence-electron chi connectivity index (χ3n) is 4.79. The second-order valence-corrected chi connectivity index (χ2v) is 7.19. The third-order valence-corrected chi connectivity index (χ3v) is 5.03. The van der Waals surface area contributed by atoms with Gasteiger partial charge in [-0.25, -0.2) is 0 Å². The fourth-order valence-corrected chi connectivity index (χ4v) is 3.35. The Morgan fingerprint density at radius 3 is 2.88 bits per heavy atom. The lowest BCUT2D eigenvalue weighted by atomic mass is 9.99. The molecule has 0 saturated carbocycles. The second-order valence-electron chi connectivity index (χ2n) is 6.75. The Morgan fingerprint density at radius 1 is 1.36 bits per heavy atom. The highest BCUT2D eigenvalue weighted by atomic mass is 35.5. The number of carbonyl (C=O) groups is 2. The van der Waals surface area contributed by atoms with Gasteiger partial charge in [0, 0.05) is 18.1 Å². The lowest BCUT2D eigenvalue weighted by Crippen LogP contribution is -2.46. The van der Waals surface area contributed by atoms with E-state index in [4.69, 9.17) is 16.3 Å². The van der Waals surface area contributed by atoms with E-state index in [9.17, 15) is 9.59 Å². The topological polar surface area (TPSA) is 61.9 Å². The van der Waals surface area contributed by atoms with E-state index in [-0.39, 0.29) is 25.0 Å². The molecule has 2 aliphatic heterocycles. The molecule has 0 bridgehead atoms. The van der Waals surface area contributed by atoms with Crippen molar-refractivity contribution in [2.45, 2.75) is 19.8 Å². The highest BCUT2D eigenvalue weighted by Crippen LogP contribution is 2.34. The largest absolute Gasteiger partial charge is 0.482 e. The van der Waals surface area contributed by atoms with Crippen molar-refractivity contribution in [2.24, 2.45) is 5.92 Å². The lowest BCUT2D eigenvalue weighted by molar-refractivity contribution is -0.125. The van der Waals surface area contributed by atoms with Crippen LogP contribution in [0.5, 0.6) is 5.75 Å². The number of carbonyl (C=O) groups excluding carboxylic acids is 2. The van der Waals surface area contributed by atoms with E-state index in [0.717, 1.165) is 25.6 Å². The van der Waals surface area contributed by atoms with Gasteiger partial charge in [-0.1, -0.05) is 18.5 Å². The van der Waals surface area contributed by atoms with Crippen molar-refractivity contribution in [3.05, 3.63) is 23.2 Å². The highest BCUT2D eigenvalue weighted by molar-refractivity contribution is 6.31. The number of fused-ring (bicyclic) bond motifs is 1. The van der Waals surface area contributed by atoms with Crippen molar-refractivity contribution >= 4 is 29.1 Å². The summed E-state index contributed by atoms with van der Waals surface area (Å²) in [6.45, 7) is 5.81. The van der Waals surface area contributed by atoms with Crippen LogP contribution in [0.2, 0.25) is 5.02 Å². The van der Waals surface area contributed by atoms with Gasteiger partial charge in [0.2, 0.25) is 5.91 Å². The Morgan fingerprint density at radius 2 is 2.12 bits per heavy atom. The average molecular weight is 366 g/mol. The Kier molecular flexibility index (Phi) is 5.81. The second kappa shape index (κ2) is 8.06. The van der Waals surface area contributed by atoms with Gasteiger partial charge in [-0.15, -0.1) is 0 Å². The Bertz CT molecular complexity index is 644. The zero-order valence-electron chi connectivity index (χ0n) is 14.5. The molecule has 1 aromatic carbocycles. The standard InChI is InChI=1S/C18H24ClN3O3/c1-13-4-7-21(8-5-13)9-6-20-17(23)11-22-15-10-14(19)2-3-16(15)25-12-18(22)24/h2-3,10,13H,4-9,11-12H2,1H3,(H,20,23). The number of likely N-dealkylation sites (tertiary alicyclic amines) is 1. The van der Waals surface area contributed by atoms with Gasteiger partial charge in [0.1, 0.15) is 12.3 Å². The number of hydrogen-bond acceptors (Lipinski definition) is 4. The molecule has 0 atom stereocenters. The van der Waals surface area contributed by atoms with Gasteiger partial charge in [-0.2, -0.15) is 0 Å². The minimum Gasteiger partial charge on any atom is -0.482 e. The van der Waals surface area contributed by atoms with Gasteiger partial charge in [-0.05, 0) is 50.0 Å². The molecule has 0 aromatic heterocycles. The predicted octanol–water partition coefficient (Wildman–Crippen LogP) is 1.91. The molecule has 0 aliphatic carbocycles. The molecule has 3 rings (SSSR count). The molecule has 6 nitrogen and oxygen atoms in total. The molecule has 7 heteroatoms. The maximum Gasteiger partial charge on any atom is 0.265 e. The number of halogens is 1. The van der Waals surface area contributed by atoms with E-state index in [0.29, 0.717) is 23.0 Å². The van der Waals surface area contributed by atoms with Crippen molar-refractivity contribution in [2.75, 3.05) is 44.2 Å². The van der Waals surface area contributed by atoms with Gasteiger partial charge in [0.25, 0.3) is 5.91 Å². The first kappa shape index (κ1) is 18.0. The maximum absolute atomic E-state index is 12.2. The summed E-state index contributed by atoms with van der Waals surface area (Å²) < 4.78 is 5.38. The SMILES string of the molecule is CC1CCN(CCNC(=O)CN2C(=O)COc3ccc(Cl)cc32)CC1. The summed E-state index contributed by atoms with van der Waals surface area (Å²) in [7, 11) is 0. The molecule has 136 valence electrons. The van der Waals surface area contributed by atoms with Gasteiger partial charge >= 0.3 is 0 Å². The minimum absolute atomic E-state index is 0.0213. The Labute approximate surface area is 153 Å². The van der Waals surface area contributed by atoms with Crippen molar-refractivity contribution in [1.82, 2.24) is 10.2 Å². The fourth-order valence-electron chi connectivity index (χ4n) is 3.19. The van der Waals surface area contributed by atoms with Crippen molar-refractivity contribution < 1.29 is 14.3 Å². The van der Waals surface area contributed by atoms with Crippen LogP contribution in [0.4, 0.5) is 5.69 Å². The number of nitrogens with zero attached hydrogens (tertiary/aromatic N) is 2. The molecule has 25 heavy (non-hydrogen) atoms. The van der Waals surface area contributed by atoms with E-state index in [1.807, 2.05) is 0 Å². The summed E-state index contributed by atoms with van der Waals surface area (Å²) >= 11 is 6.01. The summed E-state index contributed by atoms with van der Waals surface area (Å²) in [4.78, 5) is 28.2. The van der Waals surface area contributed by atoms with Gasteiger partial charge < -0.3 is 15.0 Å². The smallest absolute Gasteiger partial charge is 0.265 e. The Balaban J connectivity index is 1.51. The van der Waals surface area contributed by atoms with Gasteiger partial charge in [0.15, 0.2) is 6.61 Å². The number of amides is 2. The van der Waals surface area contributed by atoms with Crippen LogP contribution < -0.4 is 15.0 Å². The maximum atomic E-state index is 12.2. The molecular formula is C18H24ClN3O3. The molecule has 0 spiro atoms. The summed E-state index contributed by atoms with van der Waals surface area (Å²) in [6.07, 6.45) is 2.43. The minimum atomic E-state index is -0.241. The molecule has 2 amide bonds. The number of nitrogens with one attached hydrogen (secondary N) is 1. The van der Waals surface area contributed by atoms with E-state index >= 15 is 0 Å². The van der Waals surface area contributed by atoms with E-state index in [1.54, 1.807) is 18.2 Å². The van der Waals surface area contributed by atoms with Crippen LogP contribution in [0.1, 0.15) is 19.8 Å². The number of benzene rings is 1. The molecule has 1 aromatic rings. The quantitative estimate of drug-likeness (QED) is 0.865. The van der Waals surface area contributed by atoms with Gasteiger partial charge in [0.05, 0.1) is 5.69 Å². The van der Waals surface area contributed by atoms with Crippen LogP contribution >= 0.6 is 11.6 Å². The first-order valence-electron chi connectivity index (χ1n) is 8.74. The highest BCUT2D eigenvalue weighted by Gasteiger charge is 2.27. The lowest BCUT2D eigenvalue weighted by Gasteiger charge is -2.30. The average Bonchev–Trinajstić information content (AvgIpc) is 2.59. The summed E-state index contributed by atoms with van der Waals surface area (Å²) in [5.41, 5.74) is 0.545. The van der Waals surface area contributed by atoms with Crippen molar-refractivity contribution in [3.63, 3.8) is 0 Å². The molecule has 1 fully saturated rings. The molecular weight excluding hydrogens is 342 g/mol. The molecule has 0 unspecified atom stereocenters. The molecule has 0 radical (unpaired) electrons. The van der Waals surface area contributed by atoms with E-state index < -0.39 is 0 Å². The van der Waals surface area contributed by atoms with Crippen LogP contribution in [0.15, 0.2) is 18.2 Å². The van der Waals surface area contributed by atoms with Crippen LogP contribution in [-0.4, -0.2) is 56.0 Å². The Hall–Kier alpha value is -1.79. The first-order valence-corrected chi connectivity index (χ1v) is 9.12. The van der Waals surface area contributed by atoms with Crippen LogP contribution in [0.25, 0.3) is 0 Å². The summed E-state index contributed by atoms with van der Waals surface area (Å²) in [5.74, 6) is 0.950. The van der Waals surface area contributed by atoms with Crippen molar-refractivity contribution in [1.29, 1.82) is 0 Å². The van der Waals surface area contributed by atoms with Crippen LogP contribution in [0, 0.1) is 5.92 Å². The number of piperidine rings is 1. The van der Waals surface area contributed by atoms with Gasteiger partial charge in [-0.3, -0.25) is 14.5 Å². The molecule has 1 N–H and O–H groups in total. The predicted molar refractivity (Wildman–Crippen MR) is 97.1 cm³/mol. The van der Waals surface area contributed by atoms with E-state index in [2.05, 4.69) is 17.1 Å². The summed E-state index contributed by atoms with van der Waals surface area (Å²) in [6, 6.07) is 5.07. The number of anilines is 1. The molecule has 2 heterocycles. The zero-order valence-corrected chi connectivity index (χ0v) is 15.2. The monoisotopic (exact) mass is 365 g/mol. The summed E-state index contributed by atoms with van der Waals surface area (Å²) in [5, 5.41) is 3.41. The normalized spacial score (nSPS) is 18.6. The molecule has 1 saturated heterocycles. The number of ether oxygens (including phenoxy) is 1. The third kappa shape index (κ3) is 4.64. The van der Waals surface area contributed by atoms with Crippen LogP contribution in [-0.2, 0) is 9.59 Å². The molecule has 2 aliphatic rings. The first-order chi connectivity index (χ1) is 12.0. The number of rotatable bonds is 5. The zero-order chi connectivity index (χ0) is 17.8. The van der Waals surface area contributed by atoms with Crippen LogP contribution in [0.3, 0.4) is 0 Å². The fraction of sp³-hybridized carbons (Fsp3) is 0.556. The van der Waals surface area contributed by atoms with E-state index in [1.165, 1.54) is 17.7 Å². The van der Waals surface area contributed by atoms with Crippen molar-refractivity contribution in [3.8, 4) is 5.75 Å². The number of hydrogen-bond donors (Lipinski definition) is 1.